The summed E-state index contributed by atoms with van der Waals surface area (Å²) in [7, 11) is -3.59. The van der Waals surface area contributed by atoms with Crippen molar-refractivity contribution in [3.05, 3.63) is 35.9 Å². The lowest BCUT2D eigenvalue weighted by molar-refractivity contribution is -0.115. The summed E-state index contributed by atoms with van der Waals surface area (Å²) < 4.78 is 34.9. The van der Waals surface area contributed by atoms with Crippen LogP contribution in [-0.2, 0) is 24.8 Å². The van der Waals surface area contributed by atoms with Crippen LogP contribution in [0.1, 0.15) is 39.2 Å². The molecule has 1 saturated heterocycles. The minimum Gasteiger partial charge on any atom is -0.444 e. The lowest BCUT2D eigenvalue weighted by Gasteiger charge is -2.57. The molecule has 2 fully saturated rings. The number of amides is 1. The molecule has 0 N–H and O–H groups in total. The lowest BCUT2D eigenvalue weighted by atomic mass is 9.62. The van der Waals surface area contributed by atoms with Crippen LogP contribution in [0.5, 0.6) is 0 Å². The van der Waals surface area contributed by atoms with Crippen molar-refractivity contribution in [1.29, 1.82) is 0 Å². The van der Waals surface area contributed by atoms with Gasteiger partial charge in [0.1, 0.15) is 11.4 Å². The predicted octanol–water partition coefficient (Wildman–Crippen LogP) is 2.93. The summed E-state index contributed by atoms with van der Waals surface area (Å²) in [4.78, 5) is 13.6. The summed E-state index contributed by atoms with van der Waals surface area (Å²) in [5.74, 6) is -0.110. The molecule has 1 aromatic carbocycles. The quantitative estimate of drug-likeness (QED) is 0.765. The Balaban J connectivity index is 1.44. The Bertz CT molecular complexity index is 724. The smallest absolute Gasteiger partial charge is 0.410 e. The van der Waals surface area contributed by atoms with Gasteiger partial charge in [-0.25, -0.2) is 4.79 Å². The van der Waals surface area contributed by atoms with Crippen LogP contribution in [0.2, 0.25) is 0 Å². The van der Waals surface area contributed by atoms with Crippen LogP contribution in [0.15, 0.2) is 30.3 Å². The van der Waals surface area contributed by atoms with E-state index in [1.807, 2.05) is 39.0 Å². The Morgan fingerprint density at radius 2 is 1.80 bits per heavy atom. The third-order valence-electron chi connectivity index (χ3n) is 4.49. The molecule has 1 amide bonds. The van der Waals surface area contributed by atoms with Crippen LogP contribution in [0.4, 0.5) is 4.79 Å². The topological polar surface area (TPSA) is 72.9 Å². The number of hydrogen-bond donors (Lipinski definition) is 0. The highest BCUT2D eigenvalue weighted by molar-refractivity contribution is 7.85. The highest BCUT2D eigenvalue weighted by Gasteiger charge is 2.55. The summed E-state index contributed by atoms with van der Waals surface area (Å²) in [6.07, 6.45) is 0.745. The summed E-state index contributed by atoms with van der Waals surface area (Å²) in [5.41, 5.74) is 0.219. The zero-order chi connectivity index (χ0) is 18.3. The second-order valence-electron chi connectivity index (χ2n) is 8.15. The van der Waals surface area contributed by atoms with Gasteiger partial charge in [0, 0.05) is 18.5 Å². The van der Waals surface area contributed by atoms with E-state index in [1.54, 1.807) is 17.0 Å². The fraction of sp³-hybridized carbons (Fsp3) is 0.611. The van der Waals surface area contributed by atoms with Gasteiger partial charge in [-0.3, -0.25) is 4.18 Å². The van der Waals surface area contributed by atoms with Crippen molar-refractivity contribution < 1.29 is 22.1 Å². The van der Waals surface area contributed by atoms with Gasteiger partial charge in [0.25, 0.3) is 10.1 Å². The number of carbonyl (C=O) groups excluding carboxylic acids is 1. The van der Waals surface area contributed by atoms with Crippen LogP contribution in [-0.4, -0.2) is 44.2 Å². The summed E-state index contributed by atoms with van der Waals surface area (Å²) >= 11 is 0. The molecule has 138 valence electrons. The Labute approximate surface area is 149 Å². The molecule has 0 aromatic heterocycles. The Morgan fingerprint density at radius 3 is 2.36 bits per heavy atom. The molecule has 3 rings (SSSR count). The molecule has 6 nitrogen and oxygen atoms in total. The number of nitrogens with zero attached hydrogens (tertiary/aromatic N) is 1. The summed E-state index contributed by atoms with van der Waals surface area (Å²) in [5, 5.41) is 0. The van der Waals surface area contributed by atoms with E-state index in [0.717, 1.165) is 5.56 Å². The first kappa shape index (κ1) is 18.2. The molecule has 0 unspecified atom stereocenters. The van der Waals surface area contributed by atoms with Gasteiger partial charge in [0.2, 0.25) is 0 Å². The molecule has 0 bridgehead atoms. The highest BCUT2D eigenvalue weighted by Crippen LogP contribution is 2.50. The first-order chi connectivity index (χ1) is 11.6. The van der Waals surface area contributed by atoms with Gasteiger partial charge < -0.3 is 9.64 Å². The van der Waals surface area contributed by atoms with E-state index in [0.29, 0.717) is 25.9 Å². The van der Waals surface area contributed by atoms with Crippen molar-refractivity contribution in [2.75, 3.05) is 13.1 Å². The third-order valence-corrected chi connectivity index (χ3v) is 5.75. The second-order valence-corrected chi connectivity index (χ2v) is 9.75. The van der Waals surface area contributed by atoms with E-state index in [-0.39, 0.29) is 23.4 Å². The molecule has 1 aliphatic carbocycles. The molecule has 7 heteroatoms. The Hall–Kier alpha value is -1.60. The van der Waals surface area contributed by atoms with Crippen molar-refractivity contribution in [1.82, 2.24) is 4.90 Å². The Morgan fingerprint density at radius 1 is 1.20 bits per heavy atom. The fourth-order valence-corrected chi connectivity index (χ4v) is 4.69. The minimum atomic E-state index is -3.59. The monoisotopic (exact) mass is 367 g/mol. The number of carbonyl (C=O) groups is 1. The summed E-state index contributed by atoms with van der Waals surface area (Å²) in [6.45, 7) is 6.74. The molecule has 2 aliphatic rings. The van der Waals surface area contributed by atoms with Crippen molar-refractivity contribution >= 4 is 16.2 Å². The molecule has 0 atom stereocenters. The van der Waals surface area contributed by atoms with Crippen molar-refractivity contribution in [3.63, 3.8) is 0 Å². The van der Waals surface area contributed by atoms with Gasteiger partial charge in [0.05, 0.1) is 6.10 Å². The molecule has 1 heterocycles. The molecule has 1 aliphatic heterocycles. The van der Waals surface area contributed by atoms with Crippen LogP contribution in [0.3, 0.4) is 0 Å². The fourth-order valence-electron chi connectivity index (χ4n) is 3.47. The highest BCUT2D eigenvalue weighted by atomic mass is 32.2. The summed E-state index contributed by atoms with van der Waals surface area (Å²) in [6, 6.07) is 9.01. The van der Waals surface area contributed by atoms with Crippen molar-refractivity contribution in [2.45, 2.75) is 51.1 Å². The van der Waals surface area contributed by atoms with E-state index in [1.165, 1.54) is 0 Å². The van der Waals surface area contributed by atoms with Crippen LogP contribution in [0.25, 0.3) is 0 Å². The van der Waals surface area contributed by atoms with E-state index in [4.69, 9.17) is 8.92 Å². The maximum Gasteiger partial charge on any atom is 0.410 e. The van der Waals surface area contributed by atoms with E-state index < -0.39 is 15.7 Å². The van der Waals surface area contributed by atoms with E-state index >= 15 is 0 Å². The zero-order valence-electron chi connectivity index (χ0n) is 14.9. The predicted molar refractivity (Wildman–Crippen MR) is 93.4 cm³/mol. The zero-order valence-corrected chi connectivity index (χ0v) is 15.7. The van der Waals surface area contributed by atoms with E-state index in [2.05, 4.69) is 0 Å². The number of likely N-dealkylation sites (tertiary alicyclic amines) is 1. The maximum atomic E-state index is 12.1. The van der Waals surface area contributed by atoms with Gasteiger partial charge >= 0.3 is 6.09 Å². The average Bonchev–Trinajstić information content (AvgIpc) is 2.38. The molecule has 1 spiro atoms. The first-order valence-corrected chi connectivity index (χ1v) is 10.1. The number of rotatable bonds is 4. The van der Waals surface area contributed by atoms with Crippen LogP contribution in [0, 0.1) is 5.41 Å². The molecule has 1 saturated carbocycles. The Kier molecular flexibility index (Phi) is 4.58. The molecule has 0 radical (unpaired) electrons. The lowest BCUT2D eigenvalue weighted by Crippen LogP contribution is -2.65. The standard InChI is InChI=1S/C18H25NO5S/c1-17(2,3)23-16(20)19-12-18(13-19)9-15(10-18)24-25(21,22)11-14-7-5-4-6-8-14/h4-8,15H,9-13H2,1-3H3. The SMILES string of the molecule is CC(C)(C)OC(=O)N1CC2(CC(OS(=O)(=O)Cc3ccccc3)C2)C1. The average molecular weight is 367 g/mol. The number of ether oxygens (including phenoxy) is 1. The van der Waals surface area contributed by atoms with Crippen molar-refractivity contribution in [3.8, 4) is 0 Å². The van der Waals surface area contributed by atoms with Gasteiger partial charge in [0.15, 0.2) is 0 Å². The first-order valence-electron chi connectivity index (χ1n) is 8.49. The normalized spacial score (nSPS) is 20.0. The third kappa shape index (κ3) is 4.52. The van der Waals surface area contributed by atoms with Crippen LogP contribution < -0.4 is 0 Å². The second kappa shape index (κ2) is 6.29. The van der Waals surface area contributed by atoms with Gasteiger partial charge in [-0.15, -0.1) is 0 Å². The van der Waals surface area contributed by atoms with E-state index in [9.17, 15) is 13.2 Å². The minimum absolute atomic E-state index is 0.00381. The molecular formula is C18H25NO5S. The largest absolute Gasteiger partial charge is 0.444 e. The van der Waals surface area contributed by atoms with Crippen molar-refractivity contribution in [2.24, 2.45) is 5.41 Å². The maximum absolute atomic E-state index is 12.1. The molecular weight excluding hydrogens is 342 g/mol. The van der Waals surface area contributed by atoms with Gasteiger partial charge in [-0.1, -0.05) is 30.3 Å². The number of hydrogen-bond acceptors (Lipinski definition) is 5. The van der Waals surface area contributed by atoms with Gasteiger partial charge in [-0.2, -0.15) is 8.42 Å². The molecule has 1 aromatic rings. The van der Waals surface area contributed by atoms with Crippen LogP contribution >= 0.6 is 0 Å². The van der Waals surface area contributed by atoms with Gasteiger partial charge in [-0.05, 0) is 39.2 Å². The molecule has 25 heavy (non-hydrogen) atoms. The number of benzene rings is 1.